The summed E-state index contributed by atoms with van der Waals surface area (Å²) in [6, 6.07) is 0. The van der Waals surface area contributed by atoms with Crippen LogP contribution in [0.3, 0.4) is 0 Å². The molecule has 1 atom stereocenters. The van der Waals surface area contributed by atoms with E-state index in [1.807, 2.05) is 26.2 Å². The van der Waals surface area contributed by atoms with Crippen LogP contribution in [0.25, 0.3) is 0 Å². The lowest BCUT2D eigenvalue weighted by Crippen LogP contribution is -2.58. The van der Waals surface area contributed by atoms with Crippen molar-refractivity contribution >= 4 is 5.97 Å². The number of imidazole rings is 1. The Labute approximate surface area is 113 Å². The normalized spacial score (nSPS) is 18.7. The van der Waals surface area contributed by atoms with Crippen LogP contribution >= 0.6 is 0 Å². The van der Waals surface area contributed by atoms with E-state index >= 15 is 0 Å². The molecule has 2 heterocycles. The molecule has 0 aromatic carbocycles. The smallest absolute Gasteiger partial charge is 0.327 e. The highest BCUT2D eigenvalue weighted by Crippen LogP contribution is 2.15. The molecule has 1 unspecified atom stereocenters. The maximum absolute atomic E-state index is 12.0. The number of fused-ring (bicyclic) bond motifs is 1. The first-order valence-corrected chi connectivity index (χ1v) is 6.65. The van der Waals surface area contributed by atoms with Crippen LogP contribution in [0.1, 0.15) is 19.7 Å². The predicted octanol–water partition coefficient (Wildman–Crippen LogP) is 0.240. The van der Waals surface area contributed by atoms with Gasteiger partial charge in [0.05, 0.1) is 13.7 Å². The molecule has 1 aromatic rings. The summed E-state index contributed by atoms with van der Waals surface area (Å²) in [6.07, 6.45) is 3.82. The minimum Gasteiger partial charge on any atom is -0.468 e. The van der Waals surface area contributed by atoms with Gasteiger partial charge in [0.25, 0.3) is 0 Å². The first-order chi connectivity index (χ1) is 9.09. The zero-order chi connectivity index (χ0) is 13.9. The minimum absolute atomic E-state index is 0.219. The van der Waals surface area contributed by atoms with Crippen molar-refractivity contribution in [3.8, 4) is 0 Å². The number of rotatable bonds is 5. The molecule has 2 rings (SSSR count). The van der Waals surface area contributed by atoms with Crippen LogP contribution in [0.15, 0.2) is 12.4 Å². The van der Waals surface area contributed by atoms with Crippen molar-refractivity contribution in [3.05, 3.63) is 18.2 Å². The van der Waals surface area contributed by atoms with Crippen molar-refractivity contribution in [2.75, 3.05) is 26.7 Å². The Kier molecular flexibility index (Phi) is 4.21. The van der Waals surface area contributed by atoms with Gasteiger partial charge in [-0.05, 0) is 13.5 Å². The van der Waals surface area contributed by atoms with Crippen molar-refractivity contribution < 1.29 is 9.53 Å². The summed E-state index contributed by atoms with van der Waals surface area (Å²) < 4.78 is 7.07. The molecule has 19 heavy (non-hydrogen) atoms. The van der Waals surface area contributed by atoms with Crippen LogP contribution < -0.4 is 5.32 Å². The molecule has 0 bridgehead atoms. The molecular weight excluding hydrogens is 244 g/mol. The standard InChI is InChI=1S/C13H22N4O2/c1-4-15-13(2,12(18)19-3)10-16-7-8-17-6-5-14-11(17)9-16/h5-6,15H,4,7-10H2,1-3H3. The second-order valence-electron chi connectivity index (χ2n) is 5.10. The second kappa shape index (κ2) is 5.71. The molecule has 0 radical (unpaired) electrons. The van der Waals surface area contributed by atoms with E-state index in [9.17, 15) is 4.79 Å². The van der Waals surface area contributed by atoms with E-state index in [0.717, 1.165) is 32.0 Å². The van der Waals surface area contributed by atoms with Gasteiger partial charge < -0.3 is 14.6 Å². The lowest BCUT2D eigenvalue weighted by molar-refractivity contribution is -0.149. The first kappa shape index (κ1) is 14.0. The summed E-state index contributed by atoms with van der Waals surface area (Å²) in [5.41, 5.74) is -0.668. The van der Waals surface area contributed by atoms with E-state index in [1.54, 1.807) is 0 Å². The van der Waals surface area contributed by atoms with Crippen LogP contribution in [0.2, 0.25) is 0 Å². The fourth-order valence-corrected chi connectivity index (χ4v) is 2.61. The number of nitrogens with zero attached hydrogens (tertiary/aromatic N) is 3. The molecule has 1 N–H and O–H groups in total. The maximum Gasteiger partial charge on any atom is 0.327 e. The van der Waals surface area contributed by atoms with Crippen molar-refractivity contribution in [2.24, 2.45) is 0 Å². The molecule has 1 aliphatic heterocycles. The molecule has 0 saturated carbocycles. The van der Waals surface area contributed by atoms with Crippen LogP contribution in [0.4, 0.5) is 0 Å². The second-order valence-corrected chi connectivity index (χ2v) is 5.10. The molecule has 0 saturated heterocycles. The molecule has 0 fully saturated rings. The van der Waals surface area contributed by atoms with Gasteiger partial charge in [0.1, 0.15) is 11.4 Å². The van der Waals surface area contributed by atoms with Gasteiger partial charge in [-0.3, -0.25) is 9.69 Å². The fourth-order valence-electron chi connectivity index (χ4n) is 2.61. The summed E-state index contributed by atoms with van der Waals surface area (Å²) in [5, 5.41) is 3.23. The van der Waals surface area contributed by atoms with E-state index in [4.69, 9.17) is 4.74 Å². The monoisotopic (exact) mass is 266 g/mol. The van der Waals surface area contributed by atoms with Gasteiger partial charge in [0.15, 0.2) is 0 Å². The number of ether oxygens (including phenoxy) is 1. The van der Waals surface area contributed by atoms with Crippen LogP contribution in [-0.4, -0.2) is 52.7 Å². The first-order valence-electron chi connectivity index (χ1n) is 6.65. The summed E-state index contributed by atoms with van der Waals surface area (Å²) in [4.78, 5) is 18.5. The minimum atomic E-state index is -0.668. The highest BCUT2D eigenvalue weighted by atomic mass is 16.5. The lowest BCUT2D eigenvalue weighted by Gasteiger charge is -2.35. The maximum atomic E-state index is 12.0. The number of esters is 1. The van der Waals surface area contributed by atoms with E-state index in [1.165, 1.54) is 7.11 Å². The molecule has 0 amide bonds. The Morgan fingerprint density at radius 3 is 3.05 bits per heavy atom. The van der Waals surface area contributed by atoms with Gasteiger partial charge in [0.2, 0.25) is 0 Å². The highest BCUT2D eigenvalue weighted by molar-refractivity contribution is 5.80. The van der Waals surface area contributed by atoms with Gasteiger partial charge in [-0.1, -0.05) is 6.92 Å². The van der Waals surface area contributed by atoms with E-state index < -0.39 is 5.54 Å². The van der Waals surface area contributed by atoms with Crippen molar-refractivity contribution in [3.63, 3.8) is 0 Å². The third-order valence-corrected chi connectivity index (χ3v) is 3.57. The van der Waals surface area contributed by atoms with Crippen molar-refractivity contribution in [2.45, 2.75) is 32.5 Å². The Morgan fingerprint density at radius 1 is 1.58 bits per heavy atom. The molecule has 0 spiro atoms. The van der Waals surface area contributed by atoms with Crippen LogP contribution in [0, 0.1) is 0 Å². The number of carbonyl (C=O) groups is 1. The van der Waals surface area contributed by atoms with Crippen molar-refractivity contribution in [1.29, 1.82) is 0 Å². The number of hydrogen-bond donors (Lipinski definition) is 1. The van der Waals surface area contributed by atoms with E-state index in [2.05, 4.69) is 19.8 Å². The molecule has 0 aliphatic carbocycles. The number of carbonyl (C=O) groups excluding carboxylic acids is 1. The molecule has 1 aromatic heterocycles. The number of nitrogens with one attached hydrogen (secondary N) is 1. The molecule has 106 valence electrons. The van der Waals surface area contributed by atoms with Gasteiger partial charge in [-0.2, -0.15) is 0 Å². The third-order valence-electron chi connectivity index (χ3n) is 3.57. The van der Waals surface area contributed by atoms with Crippen LogP contribution in [0.5, 0.6) is 0 Å². The quantitative estimate of drug-likeness (QED) is 0.774. The molecule has 6 heteroatoms. The Morgan fingerprint density at radius 2 is 2.37 bits per heavy atom. The SMILES string of the molecule is CCNC(C)(CN1CCn2ccnc2C1)C(=O)OC. The molecule has 6 nitrogen and oxygen atoms in total. The van der Waals surface area contributed by atoms with Gasteiger partial charge in [0, 0.05) is 32.0 Å². The molecule has 1 aliphatic rings. The lowest BCUT2D eigenvalue weighted by atomic mass is 10.0. The zero-order valence-electron chi connectivity index (χ0n) is 11.8. The Hall–Kier alpha value is -1.40. The summed E-state index contributed by atoms with van der Waals surface area (Å²) in [5.74, 6) is 0.832. The number of methoxy groups -OCH3 is 1. The molecular formula is C13H22N4O2. The highest BCUT2D eigenvalue weighted by Gasteiger charge is 2.36. The summed E-state index contributed by atoms with van der Waals surface area (Å²) in [6.45, 7) is 7.84. The van der Waals surface area contributed by atoms with E-state index in [-0.39, 0.29) is 5.97 Å². The average Bonchev–Trinajstić information content (AvgIpc) is 2.85. The largest absolute Gasteiger partial charge is 0.468 e. The number of hydrogen-bond acceptors (Lipinski definition) is 5. The predicted molar refractivity (Wildman–Crippen MR) is 71.6 cm³/mol. The van der Waals surface area contributed by atoms with Crippen LogP contribution in [-0.2, 0) is 22.6 Å². The topological polar surface area (TPSA) is 59.4 Å². The van der Waals surface area contributed by atoms with Gasteiger partial charge in [-0.15, -0.1) is 0 Å². The van der Waals surface area contributed by atoms with Crippen molar-refractivity contribution in [1.82, 2.24) is 19.8 Å². The fraction of sp³-hybridized carbons (Fsp3) is 0.692. The summed E-state index contributed by atoms with van der Waals surface area (Å²) >= 11 is 0. The Balaban J connectivity index is 2.05. The average molecular weight is 266 g/mol. The zero-order valence-corrected chi connectivity index (χ0v) is 11.8. The van der Waals surface area contributed by atoms with Gasteiger partial charge in [-0.25, -0.2) is 4.98 Å². The number of likely N-dealkylation sites (N-methyl/N-ethyl adjacent to an activating group) is 1. The number of aromatic nitrogens is 2. The third kappa shape index (κ3) is 2.96. The Bertz CT molecular complexity index is 446. The van der Waals surface area contributed by atoms with Gasteiger partial charge >= 0.3 is 5.97 Å². The summed E-state index contributed by atoms with van der Waals surface area (Å²) in [7, 11) is 1.43. The van der Waals surface area contributed by atoms with E-state index in [0.29, 0.717) is 6.54 Å².